The summed E-state index contributed by atoms with van der Waals surface area (Å²) in [6, 6.07) is 8.26. The minimum Gasteiger partial charge on any atom is -0.394 e. The Morgan fingerprint density at radius 2 is 1.78 bits per heavy atom. The van der Waals surface area contributed by atoms with Crippen LogP contribution in [0.15, 0.2) is 41.3 Å². The average molecular weight is 510 g/mol. The van der Waals surface area contributed by atoms with Crippen LogP contribution < -0.4 is 22.1 Å². The van der Waals surface area contributed by atoms with Crippen LogP contribution in [0.3, 0.4) is 0 Å². The van der Waals surface area contributed by atoms with E-state index in [-0.39, 0.29) is 12.4 Å². The Morgan fingerprint density at radius 1 is 1.14 bits per heavy atom. The van der Waals surface area contributed by atoms with Gasteiger partial charge in [0.1, 0.15) is 11.4 Å². The lowest BCUT2D eigenvalue weighted by molar-refractivity contribution is -0.121. The number of nitrogens with one attached hydrogen (secondary N) is 2. The lowest BCUT2D eigenvalue weighted by atomic mass is 10.0. The summed E-state index contributed by atoms with van der Waals surface area (Å²) < 4.78 is 1.38. The maximum atomic E-state index is 12.5. The number of carbonyl (C=O) groups is 2. The normalized spacial score (nSPS) is 15.9. The van der Waals surface area contributed by atoms with Crippen molar-refractivity contribution < 1.29 is 14.7 Å². The first-order chi connectivity index (χ1) is 17.6. The molecule has 1 aliphatic rings. The van der Waals surface area contributed by atoms with Crippen molar-refractivity contribution in [1.29, 1.82) is 0 Å². The molecule has 2 heterocycles. The number of anilines is 2. The van der Waals surface area contributed by atoms with Crippen LogP contribution in [-0.2, 0) is 11.3 Å². The molecule has 1 aromatic heterocycles. The molecule has 0 spiro atoms. The second kappa shape index (κ2) is 12.6. The van der Waals surface area contributed by atoms with Crippen LogP contribution in [0.2, 0.25) is 0 Å². The van der Waals surface area contributed by atoms with Crippen LogP contribution in [0.25, 0.3) is 0 Å². The van der Waals surface area contributed by atoms with Gasteiger partial charge in [0.2, 0.25) is 5.91 Å². The number of aliphatic hydroxyl groups excluding tert-OH is 1. The Labute approximate surface area is 216 Å². The van der Waals surface area contributed by atoms with Gasteiger partial charge in [0.05, 0.1) is 19.7 Å². The minimum atomic E-state index is -1.42. The highest BCUT2D eigenvalue weighted by Crippen LogP contribution is 2.14. The number of benzene rings is 1. The summed E-state index contributed by atoms with van der Waals surface area (Å²) in [7, 11) is 4.23. The van der Waals surface area contributed by atoms with E-state index in [1.807, 2.05) is 0 Å². The summed E-state index contributed by atoms with van der Waals surface area (Å²) in [4.78, 5) is 45.4. The number of piperidine rings is 1. The predicted molar refractivity (Wildman–Crippen MR) is 142 cm³/mol. The third kappa shape index (κ3) is 7.96. The fraction of sp³-hybridized carbons (Fsp3) is 0.462. The van der Waals surface area contributed by atoms with Gasteiger partial charge >= 0.3 is 5.69 Å². The van der Waals surface area contributed by atoms with Crippen molar-refractivity contribution in [3.05, 3.63) is 52.6 Å². The van der Waals surface area contributed by atoms with Gasteiger partial charge in [0, 0.05) is 36.6 Å². The molecule has 0 radical (unpaired) electrons. The summed E-state index contributed by atoms with van der Waals surface area (Å²) in [5.41, 5.74) is 4.50. The second-order valence-corrected chi connectivity index (χ2v) is 9.61. The molecule has 2 amide bonds. The van der Waals surface area contributed by atoms with Gasteiger partial charge in [0.15, 0.2) is 0 Å². The van der Waals surface area contributed by atoms with Gasteiger partial charge < -0.3 is 26.4 Å². The number of carbonyl (C=O) groups excluding carboxylic acids is 2. The summed E-state index contributed by atoms with van der Waals surface area (Å²) in [5.74, 6) is 5.27. The third-order valence-corrected chi connectivity index (χ3v) is 6.33. The lowest BCUT2D eigenvalue weighted by Crippen LogP contribution is -2.51. The molecule has 0 aliphatic carbocycles. The Bertz CT molecular complexity index is 1200. The number of aliphatic hydroxyl groups is 1. The molecule has 1 atom stereocenters. The number of nitrogens with zero attached hydrogens (tertiary/aromatic N) is 4. The monoisotopic (exact) mass is 509 g/mol. The number of hydrogen-bond donors (Lipinski definition) is 4. The van der Waals surface area contributed by atoms with E-state index in [2.05, 4.69) is 51.4 Å². The van der Waals surface area contributed by atoms with E-state index in [0.29, 0.717) is 23.8 Å². The van der Waals surface area contributed by atoms with Crippen molar-refractivity contribution in [3.63, 3.8) is 0 Å². The molecule has 2 aromatic rings. The van der Waals surface area contributed by atoms with Crippen molar-refractivity contribution in [2.45, 2.75) is 37.9 Å². The van der Waals surface area contributed by atoms with Gasteiger partial charge in [0.25, 0.3) is 5.91 Å². The Hall–Kier alpha value is -3.56. The average Bonchev–Trinajstić information content (AvgIpc) is 2.88. The van der Waals surface area contributed by atoms with Crippen molar-refractivity contribution >= 4 is 23.3 Å². The summed E-state index contributed by atoms with van der Waals surface area (Å²) in [5, 5.41) is 14.4. The number of likely N-dealkylation sites (tertiary alicyclic amines) is 1. The number of nitrogens with two attached hydrogens (primary N) is 1. The van der Waals surface area contributed by atoms with Gasteiger partial charge in [-0.2, -0.15) is 4.98 Å². The summed E-state index contributed by atoms with van der Waals surface area (Å²) >= 11 is 0. The van der Waals surface area contributed by atoms with Gasteiger partial charge in [-0.1, -0.05) is 11.8 Å². The number of rotatable bonds is 8. The van der Waals surface area contributed by atoms with Crippen LogP contribution >= 0.6 is 0 Å². The Balaban J connectivity index is 1.50. The van der Waals surface area contributed by atoms with E-state index in [1.165, 1.54) is 35.8 Å². The molecule has 1 aliphatic heterocycles. The van der Waals surface area contributed by atoms with Crippen LogP contribution in [0, 0.1) is 11.8 Å². The van der Waals surface area contributed by atoms with E-state index in [9.17, 15) is 19.5 Å². The van der Waals surface area contributed by atoms with Crippen LogP contribution in [0.4, 0.5) is 11.5 Å². The molecule has 1 unspecified atom stereocenters. The van der Waals surface area contributed by atoms with Crippen LogP contribution in [0.1, 0.15) is 30.1 Å². The predicted octanol–water partition coefficient (Wildman–Crippen LogP) is 0.173. The maximum absolute atomic E-state index is 12.5. The van der Waals surface area contributed by atoms with Crippen LogP contribution in [0.5, 0.6) is 0 Å². The number of amides is 2. The second-order valence-electron chi connectivity index (χ2n) is 9.61. The van der Waals surface area contributed by atoms with E-state index < -0.39 is 29.6 Å². The molecule has 5 N–H and O–H groups in total. The quantitative estimate of drug-likeness (QED) is 0.369. The molecule has 3 rings (SSSR count). The standard InChI is InChI=1S/C26H35N7O4/c1-26(27,18-34)24(36)28-20-8-6-19(7-9-20)23(35)29-22-12-17-33(25(37)30-22)14-5-4-13-32-15-10-21(11-16-32)31(2)3/h6-9,12,17,21,34H,10-11,13-16,18,27H2,1-3H3,(H,28,36)(H,29,30,35,37). The van der Waals surface area contributed by atoms with E-state index in [4.69, 9.17) is 5.73 Å². The highest BCUT2D eigenvalue weighted by molar-refractivity contribution is 6.04. The molecule has 0 saturated carbocycles. The van der Waals surface area contributed by atoms with Crippen molar-refractivity contribution in [3.8, 4) is 11.8 Å². The zero-order chi connectivity index (χ0) is 27.0. The topological polar surface area (TPSA) is 146 Å². The molecule has 37 heavy (non-hydrogen) atoms. The first-order valence-electron chi connectivity index (χ1n) is 12.1. The molecular weight excluding hydrogens is 474 g/mol. The molecule has 1 fully saturated rings. The molecule has 11 nitrogen and oxygen atoms in total. The molecule has 1 saturated heterocycles. The van der Waals surface area contributed by atoms with E-state index in [0.717, 1.165) is 25.9 Å². The SMILES string of the molecule is CN(C)C1CCN(CC#CCn2ccc(NC(=O)c3ccc(NC(=O)C(C)(N)CO)cc3)nc2=O)CC1. The first kappa shape index (κ1) is 28.0. The Morgan fingerprint density at radius 3 is 2.38 bits per heavy atom. The smallest absolute Gasteiger partial charge is 0.350 e. The molecule has 1 aromatic carbocycles. The van der Waals surface area contributed by atoms with Gasteiger partial charge in [-0.05, 0) is 64.2 Å². The van der Waals surface area contributed by atoms with Gasteiger partial charge in [-0.3, -0.25) is 19.1 Å². The van der Waals surface area contributed by atoms with Crippen molar-refractivity contribution in [2.24, 2.45) is 5.73 Å². The third-order valence-electron chi connectivity index (χ3n) is 6.33. The van der Waals surface area contributed by atoms with Crippen LogP contribution in [-0.4, -0.2) is 88.2 Å². The molecular formula is C26H35N7O4. The zero-order valence-corrected chi connectivity index (χ0v) is 21.5. The Kier molecular flexibility index (Phi) is 9.54. The molecule has 198 valence electrons. The van der Waals surface area contributed by atoms with Crippen molar-refractivity contribution in [1.82, 2.24) is 19.4 Å². The number of hydrogen-bond acceptors (Lipinski definition) is 8. The maximum Gasteiger partial charge on any atom is 0.350 e. The molecule has 11 heteroatoms. The van der Waals surface area contributed by atoms with E-state index >= 15 is 0 Å². The summed E-state index contributed by atoms with van der Waals surface area (Å²) in [6.45, 7) is 3.83. The zero-order valence-electron chi connectivity index (χ0n) is 21.5. The largest absolute Gasteiger partial charge is 0.394 e. The highest BCUT2D eigenvalue weighted by atomic mass is 16.3. The van der Waals surface area contributed by atoms with E-state index in [1.54, 1.807) is 12.3 Å². The summed E-state index contributed by atoms with van der Waals surface area (Å²) in [6.07, 6.45) is 3.81. The van der Waals surface area contributed by atoms with Crippen molar-refractivity contribution in [2.75, 3.05) is 51.0 Å². The van der Waals surface area contributed by atoms with Gasteiger partial charge in [-0.25, -0.2) is 4.79 Å². The minimum absolute atomic E-state index is 0.127. The fourth-order valence-corrected chi connectivity index (χ4v) is 3.76. The molecule has 0 bridgehead atoms. The fourth-order valence-electron chi connectivity index (χ4n) is 3.76. The highest BCUT2D eigenvalue weighted by Gasteiger charge is 2.27. The first-order valence-corrected chi connectivity index (χ1v) is 12.1. The lowest BCUT2D eigenvalue weighted by Gasteiger charge is -2.34. The number of aromatic nitrogens is 2. The van der Waals surface area contributed by atoms with Gasteiger partial charge in [-0.15, -0.1) is 0 Å².